The Labute approximate surface area is 183 Å². The van der Waals surface area contributed by atoms with Crippen LogP contribution in [0.5, 0.6) is 0 Å². The number of oxazole rings is 1. The van der Waals surface area contributed by atoms with E-state index in [1.165, 1.54) is 5.56 Å². The highest BCUT2D eigenvalue weighted by atomic mass is 79.9. The van der Waals surface area contributed by atoms with Gasteiger partial charge < -0.3 is 9.15 Å². The van der Waals surface area contributed by atoms with E-state index < -0.39 is 0 Å². The van der Waals surface area contributed by atoms with E-state index in [0.29, 0.717) is 17.2 Å². The molecule has 2 aromatic carbocycles. The van der Waals surface area contributed by atoms with Gasteiger partial charge in [-0.3, -0.25) is 0 Å². The predicted molar refractivity (Wildman–Crippen MR) is 118 cm³/mol. The minimum Gasteiger partial charge on any atom is -0.476 e. The maximum Gasteiger partial charge on any atom is 0.227 e. The normalized spacial score (nSPS) is 12.9. The molecule has 0 saturated carbocycles. The summed E-state index contributed by atoms with van der Waals surface area (Å²) in [4.78, 5) is 8.42. The first-order valence-corrected chi connectivity index (χ1v) is 10.6. The standard InChI is InChI=1S/C10H7Br2NO.C10H10BrNO/c1-6-4-7(11)2-3-8(6)10-13-5-9(12)14-10;1-7-6-8(11)2-3-9(7)10-12-4-5-13-10/h2-5H,1H3;2-3,6H,4-5H2,1H3. The Morgan fingerprint density at radius 1 is 0.889 bits per heavy atom. The summed E-state index contributed by atoms with van der Waals surface area (Å²) >= 11 is 10.1. The lowest BCUT2D eigenvalue weighted by atomic mass is 10.1. The number of ether oxygens (including phenoxy) is 1. The number of aromatic nitrogens is 1. The van der Waals surface area contributed by atoms with Crippen molar-refractivity contribution < 1.29 is 9.15 Å². The van der Waals surface area contributed by atoms with Crippen molar-refractivity contribution in [1.82, 2.24) is 4.98 Å². The van der Waals surface area contributed by atoms with Crippen LogP contribution in [0.2, 0.25) is 0 Å². The molecular weight excluding hydrogens is 540 g/mol. The van der Waals surface area contributed by atoms with Crippen LogP contribution < -0.4 is 0 Å². The zero-order valence-electron chi connectivity index (χ0n) is 14.8. The first-order valence-electron chi connectivity index (χ1n) is 8.25. The van der Waals surface area contributed by atoms with Crippen molar-refractivity contribution in [1.29, 1.82) is 0 Å². The van der Waals surface area contributed by atoms with Gasteiger partial charge in [0.25, 0.3) is 0 Å². The predicted octanol–water partition coefficient (Wildman–Crippen LogP) is 6.71. The van der Waals surface area contributed by atoms with Gasteiger partial charge in [0.1, 0.15) is 6.61 Å². The van der Waals surface area contributed by atoms with Gasteiger partial charge in [-0.1, -0.05) is 31.9 Å². The van der Waals surface area contributed by atoms with Crippen LogP contribution in [-0.2, 0) is 4.74 Å². The monoisotopic (exact) mass is 554 g/mol. The molecule has 140 valence electrons. The Hall–Kier alpha value is -1.44. The van der Waals surface area contributed by atoms with E-state index in [9.17, 15) is 0 Å². The van der Waals surface area contributed by atoms with Crippen LogP contribution in [0.25, 0.3) is 11.5 Å². The van der Waals surface area contributed by atoms with Crippen molar-refractivity contribution in [3.63, 3.8) is 0 Å². The van der Waals surface area contributed by atoms with Crippen LogP contribution in [0.4, 0.5) is 0 Å². The molecule has 2 heterocycles. The number of benzene rings is 2. The van der Waals surface area contributed by atoms with Crippen molar-refractivity contribution in [3.8, 4) is 11.5 Å². The third-order valence-electron chi connectivity index (χ3n) is 3.90. The van der Waals surface area contributed by atoms with Gasteiger partial charge in [-0.25, -0.2) is 9.98 Å². The lowest BCUT2D eigenvalue weighted by Gasteiger charge is -2.05. The summed E-state index contributed by atoms with van der Waals surface area (Å²) in [5.41, 5.74) is 4.43. The molecule has 3 aromatic rings. The summed E-state index contributed by atoms with van der Waals surface area (Å²) in [6.07, 6.45) is 1.65. The molecule has 7 heteroatoms. The topological polar surface area (TPSA) is 47.6 Å². The largest absolute Gasteiger partial charge is 0.476 e. The summed E-state index contributed by atoms with van der Waals surface area (Å²) in [6.45, 7) is 5.58. The van der Waals surface area contributed by atoms with Gasteiger partial charge in [-0.15, -0.1) is 0 Å². The molecular formula is C20H17Br3N2O2. The third-order valence-corrected chi connectivity index (χ3v) is 5.25. The molecule has 27 heavy (non-hydrogen) atoms. The molecule has 4 rings (SSSR count). The Morgan fingerprint density at radius 2 is 1.52 bits per heavy atom. The fraction of sp³-hybridized carbons (Fsp3) is 0.200. The molecule has 0 bridgehead atoms. The minimum absolute atomic E-state index is 0.641. The van der Waals surface area contributed by atoms with Crippen LogP contribution in [0.15, 0.2) is 65.6 Å². The van der Waals surface area contributed by atoms with E-state index in [4.69, 9.17) is 9.15 Å². The molecule has 0 amide bonds. The molecule has 0 aliphatic carbocycles. The summed E-state index contributed by atoms with van der Waals surface area (Å²) in [5.74, 6) is 1.42. The van der Waals surface area contributed by atoms with Gasteiger partial charge in [0.15, 0.2) is 4.67 Å². The van der Waals surface area contributed by atoms with Gasteiger partial charge in [-0.2, -0.15) is 0 Å². The summed E-state index contributed by atoms with van der Waals surface area (Å²) in [5, 5.41) is 0. The first kappa shape index (κ1) is 20.3. The van der Waals surface area contributed by atoms with Gasteiger partial charge in [0, 0.05) is 20.1 Å². The fourth-order valence-electron chi connectivity index (χ4n) is 2.61. The Kier molecular flexibility index (Phi) is 6.89. The second-order valence-electron chi connectivity index (χ2n) is 5.92. The number of halogens is 3. The van der Waals surface area contributed by atoms with Crippen LogP contribution in [-0.4, -0.2) is 24.0 Å². The SMILES string of the molecule is Cc1cc(Br)ccc1-c1ncc(Br)o1.Cc1cc(Br)ccc1C1=NCCO1. The number of hydrogen-bond donors (Lipinski definition) is 0. The van der Waals surface area contributed by atoms with Crippen LogP contribution in [0.1, 0.15) is 16.7 Å². The highest BCUT2D eigenvalue weighted by Crippen LogP contribution is 2.27. The third kappa shape index (κ3) is 5.30. The average Bonchev–Trinajstić information content (AvgIpc) is 3.27. The second-order valence-corrected chi connectivity index (χ2v) is 8.54. The van der Waals surface area contributed by atoms with Crippen LogP contribution in [0.3, 0.4) is 0 Å². The molecule has 1 aromatic heterocycles. The smallest absolute Gasteiger partial charge is 0.227 e. The molecule has 1 aliphatic heterocycles. The lowest BCUT2D eigenvalue weighted by molar-refractivity contribution is 0.348. The van der Waals surface area contributed by atoms with Crippen molar-refractivity contribution in [2.45, 2.75) is 13.8 Å². The molecule has 0 fully saturated rings. The molecule has 0 unspecified atom stereocenters. The fourth-order valence-corrected chi connectivity index (χ4v) is 3.82. The molecule has 0 N–H and O–H groups in total. The number of hydrogen-bond acceptors (Lipinski definition) is 4. The number of aryl methyl sites for hydroxylation is 2. The number of rotatable bonds is 2. The highest BCUT2D eigenvalue weighted by molar-refractivity contribution is 9.11. The van der Waals surface area contributed by atoms with Gasteiger partial charge in [0.2, 0.25) is 11.8 Å². The first-order chi connectivity index (χ1) is 12.9. The maximum atomic E-state index is 5.39. The van der Waals surface area contributed by atoms with E-state index >= 15 is 0 Å². The van der Waals surface area contributed by atoms with Crippen molar-refractivity contribution in [3.05, 3.63) is 72.9 Å². The maximum absolute atomic E-state index is 5.39. The van der Waals surface area contributed by atoms with Crippen molar-refractivity contribution >= 4 is 53.7 Å². The van der Waals surface area contributed by atoms with Crippen LogP contribution >= 0.6 is 47.8 Å². The molecule has 0 atom stereocenters. The average molecular weight is 557 g/mol. The molecule has 0 saturated heterocycles. The molecule has 0 radical (unpaired) electrons. The van der Waals surface area contributed by atoms with E-state index in [2.05, 4.69) is 70.8 Å². The molecule has 1 aliphatic rings. The Balaban J connectivity index is 0.000000156. The summed E-state index contributed by atoms with van der Waals surface area (Å²) in [6, 6.07) is 12.1. The van der Waals surface area contributed by atoms with Gasteiger partial charge in [0.05, 0.1) is 12.7 Å². The summed E-state index contributed by atoms with van der Waals surface area (Å²) < 4.78 is 13.6. The van der Waals surface area contributed by atoms with Crippen molar-refractivity contribution in [2.75, 3.05) is 13.2 Å². The van der Waals surface area contributed by atoms with E-state index in [0.717, 1.165) is 38.1 Å². The zero-order valence-corrected chi connectivity index (χ0v) is 19.6. The van der Waals surface area contributed by atoms with Crippen molar-refractivity contribution in [2.24, 2.45) is 4.99 Å². The van der Waals surface area contributed by atoms with E-state index in [1.807, 2.05) is 37.3 Å². The zero-order chi connectivity index (χ0) is 19.4. The number of aliphatic imine (C=N–C) groups is 1. The second kappa shape index (κ2) is 9.17. The number of nitrogens with zero attached hydrogens (tertiary/aromatic N) is 2. The van der Waals surface area contributed by atoms with Gasteiger partial charge >= 0.3 is 0 Å². The van der Waals surface area contributed by atoms with Crippen LogP contribution in [0, 0.1) is 13.8 Å². The van der Waals surface area contributed by atoms with E-state index in [1.54, 1.807) is 6.20 Å². The molecule has 4 nitrogen and oxygen atoms in total. The Morgan fingerprint density at radius 3 is 2.00 bits per heavy atom. The lowest BCUT2D eigenvalue weighted by Crippen LogP contribution is -2.03. The molecule has 0 spiro atoms. The van der Waals surface area contributed by atoms with Gasteiger partial charge in [-0.05, 0) is 77.3 Å². The highest BCUT2D eigenvalue weighted by Gasteiger charge is 2.12. The van der Waals surface area contributed by atoms with E-state index in [-0.39, 0.29) is 0 Å². The minimum atomic E-state index is 0.641. The Bertz CT molecular complexity index is 983. The summed E-state index contributed by atoms with van der Waals surface area (Å²) in [7, 11) is 0. The quantitative estimate of drug-likeness (QED) is 0.352.